The maximum Gasteiger partial charge on any atom is 0.216 e. The van der Waals surface area contributed by atoms with Crippen LogP contribution >= 0.6 is 12.4 Å². The molecule has 72 valence electrons. The first-order chi connectivity index (χ1) is 5.79. The molecule has 0 amide bonds. The van der Waals surface area contributed by atoms with Crippen molar-refractivity contribution >= 4 is 12.4 Å². The summed E-state index contributed by atoms with van der Waals surface area (Å²) in [6.45, 7) is 3.62. The predicted octanol–water partition coefficient (Wildman–Crippen LogP) is 1.85. The fraction of sp³-hybridized carbons (Fsp3) is 0.444. The molecule has 1 aromatic rings. The third-order valence-electron chi connectivity index (χ3n) is 2.29. The molecule has 1 atom stereocenters. The van der Waals surface area contributed by atoms with Crippen molar-refractivity contribution in [1.82, 2.24) is 10.3 Å². The third kappa shape index (κ3) is 1.81. The fourth-order valence-corrected chi connectivity index (χ4v) is 1.68. The minimum atomic E-state index is -0.304. The number of halogens is 2. The number of nitrogens with zero attached hydrogens (tertiary/aromatic N) is 1. The van der Waals surface area contributed by atoms with Gasteiger partial charge in [0.2, 0.25) is 5.95 Å². The zero-order chi connectivity index (χ0) is 8.55. The Kier molecular flexibility index (Phi) is 3.22. The predicted molar refractivity (Wildman–Crippen MR) is 51.6 cm³/mol. The second-order valence-corrected chi connectivity index (χ2v) is 3.21. The molecule has 1 aliphatic rings. The smallest absolute Gasteiger partial charge is 0.216 e. The maximum atomic E-state index is 13.2. The summed E-state index contributed by atoms with van der Waals surface area (Å²) >= 11 is 0. The van der Waals surface area contributed by atoms with Crippen molar-refractivity contribution < 1.29 is 4.39 Å². The maximum absolute atomic E-state index is 13.2. The Balaban J connectivity index is 0.000000845. The van der Waals surface area contributed by atoms with Crippen LogP contribution in [0.3, 0.4) is 0 Å². The van der Waals surface area contributed by atoms with E-state index in [1.807, 2.05) is 13.0 Å². The Morgan fingerprint density at radius 3 is 3.08 bits per heavy atom. The van der Waals surface area contributed by atoms with Gasteiger partial charge in [0, 0.05) is 24.8 Å². The van der Waals surface area contributed by atoms with Crippen LogP contribution in [0.25, 0.3) is 0 Å². The Hall–Kier alpha value is -0.670. The summed E-state index contributed by atoms with van der Waals surface area (Å²) in [5.41, 5.74) is 1.83. The van der Waals surface area contributed by atoms with Crippen LogP contribution in [0.4, 0.5) is 4.39 Å². The molecule has 1 N–H and O–H groups in total. The van der Waals surface area contributed by atoms with Crippen molar-refractivity contribution in [2.45, 2.75) is 19.4 Å². The lowest BCUT2D eigenvalue weighted by atomic mass is 9.94. The molecule has 0 saturated heterocycles. The average molecular weight is 203 g/mol. The molecule has 0 radical (unpaired) electrons. The van der Waals surface area contributed by atoms with Crippen molar-refractivity contribution in [3.05, 3.63) is 29.3 Å². The van der Waals surface area contributed by atoms with Crippen molar-refractivity contribution in [2.24, 2.45) is 0 Å². The topological polar surface area (TPSA) is 24.9 Å². The summed E-state index contributed by atoms with van der Waals surface area (Å²) in [5.74, 6) is -0.0658. The zero-order valence-electron chi connectivity index (χ0n) is 7.38. The standard InChI is InChI=1S/C9H11FN2.ClH/c1-6-4-11-5-7-2-3-12-9(10)8(6)7;/h2-3,6,11H,4-5H2,1H3;1H. The molecular weight excluding hydrogens is 191 g/mol. The summed E-state index contributed by atoms with van der Waals surface area (Å²) in [5, 5.41) is 3.22. The average Bonchev–Trinajstić information content (AvgIpc) is 2.04. The lowest BCUT2D eigenvalue weighted by molar-refractivity contribution is 0.501. The van der Waals surface area contributed by atoms with Gasteiger partial charge in [0.25, 0.3) is 0 Å². The largest absolute Gasteiger partial charge is 0.312 e. The monoisotopic (exact) mass is 202 g/mol. The molecule has 1 aromatic heterocycles. The molecule has 2 rings (SSSR count). The normalized spacial score (nSPS) is 20.3. The summed E-state index contributed by atoms with van der Waals surface area (Å²) < 4.78 is 13.2. The molecule has 13 heavy (non-hydrogen) atoms. The Labute approximate surface area is 83.0 Å². The zero-order valence-corrected chi connectivity index (χ0v) is 8.20. The number of hydrogen-bond acceptors (Lipinski definition) is 2. The van der Waals surface area contributed by atoms with E-state index >= 15 is 0 Å². The van der Waals surface area contributed by atoms with Crippen LogP contribution in [0, 0.1) is 5.95 Å². The lowest BCUT2D eigenvalue weighted by Gasteiger charge is -2.22. The molecule has 0 fully saturated rings. The highest BCUT2D eigenvalue weighted by Crippen LogP contribution is 2.24. The molecule has 0 aromatic carbocycles. The molecule has 2 nitrogen and oxygen atoms in total. The van der Waals surface area contributed by atoms with Gasteiger partial charge in [-0.3, -0.25) is 0 Å². The van der Waals surface area contributed by atoms with Gasteiger partial charge >= 0.3 is 0 Å². The van der Waals surface area contributed by atoms with Crippen LogP contribution in [0.1, 0.15) is 24.0 Å². The third-order valence-corrected chi connectivity index (χ3v) is 2.29. The summed E-state index contributed by atoms with van der Waals surface area (Å²) in [7, 11) is 0. The highest BCUT2D eigenvalue weighted by Gasteiger charge is 2.19. The van der Waals surface area contributed by atoms with E-state index in [0.717, 1.165) is 24.2 Å². The van der Waals surface area contributed by atoms with Crippen LogP contribution in [0.5, 0.6) is 0 Å². The first kappa shape index (κ1) is 10.4. The second kappa shape index (κ2) is 4.03. The molecule has 0 aliphatic carbocycles. The van der Waals surface area contributed by atoms with Crippen LogP contribution in [-0.4, -0.2) is 11.5 Å². The quantitative estimate of drug-likeness (QED) is 0.650. The highest BCUT2D eigenvalue weighted by molar-refractivity contribution is 5.85. The van der Waals surface area contributed by atoms with Crippen molar-refractivity contribution in [2.75, 3.05) is 6.54 Å². The van der Waals surface area contributed by atoms with Crippen molar-refractivity contribution in [1.29, 1.82) is 0 Å². The summed E-state index contributed by atoms with van der Waals surface area (Å²) in [6.07, 6.45) is 1.52. The highest BCUT2D eigenvalue weighted by atomic mass is 35.5. The van der Waals surface area contributed by atoms with E-state index in [4.69, 9.17) is 0 Å². The van der Waals surface area contributed by atoms with E-state index in [2.05, 4.69) is 10.3 Å². The summed E-state index contributed by atoms with van der Waals surface area (Å²) in [6, 6.07) is 1.88. The van der Waals surface area contributed by atoms with E-state index in [1.54, 1.807) is 0 Å². The summed E-state index contributed by atoms with van der Waals surface area (Å²) in [4.78, 5) is 3.65. The van der Waals surface area contributed by atoms with E-state index in [1.165, 1.54) is 6.20 Å². The molecule has 0 spiro atoms. The van der Waals surface area contributed by atoms with Crippen molar-refractivity contribution in [3.8, 4) is 0 Å². The molecule has 4 heteroatoms. The molecular formula is C9H12ClFN2. The molecule has 0 bridgehead atoms. The molecule has 0 saturated carbocycles. The van der Waals surface area contributed by atoms with Gasteiger partial charge in [-0.25, -0.2) is 4.98 Å². The van der Waals surface area contributed by atoms with E-state index in [0.29, 0.717) is 0 Å². The number of fused-ring (bicyclic) bond motifs is 1. The molecule has 1 aliphatic heterocycles. The van der Waals surface area contributed by atoms with E-state index < -0.39 is 0 Å². The Morgan fingerprint density at radius 2 is 2.38 bits per heavy atom. The molecule has 2 heterocycles. The van der Waals surface area contributed by atoms with Crippen LogP contribution in [0.15, 0.2) is 12.3 Å². The Bertz CT molecular complexity index is 304. The van der Waals surface area contributed by atoms with Crippen molar-refractivity contribution in [3.63, 3.8) is 0 Å². The van der Waals surface area contributed by atoms with Gasteiger partial charge in [0.05, 0.1) is 0 Å². The van der Waals surface area contributed by atoms with Crippen LogP contribution < -0.4 is 5.32 Å². The minimum absolute atomic E-state index is 0. The Morgan fingerprint density at radius 1 is 1.62 bits per heavy atom. The van der Waals surface area contributed by atoms with Gasteiger partial charge in [-0.15, -0.1) is 12.4 Å². The number of nitrogens with one attached hydrogen (secondary N) is 1. The van der Waals surface area contributed by atoms with Gasteiger partial charge in [-0.2, -0.15) is 4.39 Å². The number of rotatable bonds is 0. The fourth-order valence-electron chi connectivity index (χ4n) is 1.68. The van der Waals surface area contributed by atoms with Gasteiger partial charge in [0.1, 0.15) is 0 Å². The van der Waals surface area contributed by atoms with Gasteiger partial charge < -0.3 is 5.32 Å². The molecule has 1 unspecified atom stereocenters. The number of aromatic nitrogens is 1. The number of pyridine rings is 1. The van der Waals surface area contributed by atoms with Gasteiger partial charge in [0.15, 0.2) is 0 Å². The first-order valence-corrected chi connectivity index (χ1v) is 4.13. The minimum Gasteiger partial charge on any atom is -0.312 e. The van der Waals surface area contributed by atoms with E-state index in [-0.39, 0.29) is 24.3 Å². The second-order valence-electron chi connectivity index (χ2n) is 3.21. The van der Waals surface area contributed by atoms with Crippen LogP contribution in [0.2, 0.25) is 0 Å². The van der Waals surface area contributed by atoms with Crippen LogP contribution in [-0.2, 0) is 6.54 Å². The number of hydrogen-bond donors (Lipinski definition) is 1. The lowest BCUT2D eigenvalue weighted by Crippen LogP contribution is -2.27. The van der Waals surface area contributed by atoms with Gasteiger partial charge in [-0.05, 0) is 17.5 Å². The van der Waals surface area contributed by atoms with E-state index in [9.17, 15) is 4.39 Å². The first-order valence-electron chi connectivity index (χ1n) is 4.13. The van der Waals surface area contributed by atoms with Gasteiger partial charge in [-0.1, -0.05) is 6.92 Å². The SMILES string of the molecule is CC1CNCc2ccnc(F)c21.Cl.